The van der Waals surface area contributed by atoms with E-state index in [1.54, 1.807) is 11.1 Å². The number of para-hydroxylation sites is 1. The highest BCUT2D eigenvalue weighted by Crippen LogP contribution is 2.22. The third kappa shape index (κ3) is 3.53. The van der Waals surface area contributed by atoms with Crippen molar-refractivity contribution in [3.05, 3.63) is 66.5 Å². The van der Waals surface area contributed by atoms with Crippen molar-refractivity contribution in [2.75, 3.05) is 13.1 Å². The summed E-state index contributed by atoms with van der Waals surface area (Å²) in [6.07, 6.45) is 7.28. The number of rotatable bonds is 5. The average Bonchev–Trinajstić information content (AvgIpc) is 3.37. The van der Waals surface area contributed by atoms with Crippen molar-refractivity contribution in [1.82, 2.24) is 29.9 Å². The molecule has 1 unspecified atom stereocenters. The number of aromatic nitrogens is 5. The summed E-state index contributed by atoms with van der Waals surface area (Å²) in [7, 11) is 0. The van der Waals surface area contributed by atoms with Gasteiger partial charge in [0, 0.05) is 25.5 Å². The molecule has 1 atom stereocenters. The predicted octanol–water partition coefficient (Wildman–Crippen LogP) is 1.73. The van der Waals surface area contributed by atoms with Crippen molar-refractivity contribution < 1.29 is 9.53 Å². The van der Waals surface area contributed by atoms with Crippen molar-refractivity contribution in [3.63, 3.8) is 0 Å². The number of nitrogens with zero attached hydrogens (tertiary/aromatic N) is 6. The highest BCUT2D eigenvalue weighted by molar-refractivity contribution is 5.92. The molecule has 0 saturated carbocycles. The maximum atomic E-state index is 12.4. The van der Waals surface area contributed by atoms with Crippen LogP contribution in [-0.4, -0.2) is 48.9 Å². The molecule has 0 spiro atoms. The third-order valence-corrected chi connectivity index (χ3v) is 4.29. The Labute approximate surface area is 150 Å². The Morgan fingerprint density at radius 3 is 2.92 bits per heavy atom. The maximum absolute atomic E-state index is 12.4. The fourth-order valence-electron chi connectivity index (χ4n) is 2.95. The Balaban J connectivity index is 1.36. The number of hydrogen-bond donors (Lipinski definition) is 0. The van der Waals surface area contributed by atoms with Crippen LogP contribution in [0.3, 0.4) is 0 Å². The molecule has 3 aromatic rings. The summed E-state index contributed by atoms with van der Waals surface area (Å²) in [6.45, 7) is 1.60. The first-order valence-corrected chi connectivity index (χ1v) is 8.43. The van der Waals surface area contributed by atoms with Gasteiger partial charge >= 0.3 is 0 Å². The molecule has 1 aliphatic heterocycles. The van der Waals surface area contributed by atoms with E-state index in [9.17, 15) is 4.79 Å². The topological polar surface area (TPSA) is 86.0 Å². The lowest BCUT2D eigenvalue weighted by Crippen LogP contribution is -2.30. The molecule has 132 valence electrons. The van der Waals surface area contributed by atoms with Gasteiger partial charge in [0.15, 0.2) is 0 Å². The quantitative estimate of drug-likeness (QED) is 0.697. The van der Waals surface area contributed by atoms with Crippen molar-refractivity contribution in [2.24, 2.45) is 0 Å². The number of amides is 1. The van der Waals surface area contributed by atoms with E-state index >= 15 is 0 Å². The van der Waals surface area contributed by atoms with Gasteiger partial charge in [-0.05, 0) is 18.6 Å². The van der Waals surface area contributed by atoms with Gasteiger partial charge in [0.25, 0.3) is 5.91 Å². The van der Waals surface area contributed by atoms with Gasteiger partial charge in [-0.15, -0.1) is 5.10 Å². The van der Waals surface area contributed by atoms with Crippen LogP contribution in [0.25, 0.3) is 0 Å². The van der Waals surface area contributed by atoms with Crippen LogP contribution in [0.4, 0.5) is 0 Å². The second kappa shape index (κ2) is 7.30. The summed E-state index contributed by atoms with van der Waals surface area (Å²) >= 11 is 0. The van der Waals surface area contributed by atoms with Crippen LogP contribution in [0.5, 0.6) is 5.75 Å². The summed E-state index contributed by atoms with van der Waals surface area (Å²) in [5.41, 5.74) is 1.12. The number of likely N-dealkylation sites (tertiary alicyclic amines) is 1. The molecule has 3 heterocycles. The van der Waals surface area contributed by atoms with Crippen molar-refractivity contribution in [3.8, 4) is 5.75 Å². The molecule has 1 saturated heterocycles. The normalized spacial score (nSPS) is 16.6. The van der Waals surface area contributed by atoms with Crippen molar-refractivity contribution in [2.45, 2.75) is 19.1 Å². The highest BCUT2D eigenvalue weighted by Gasteiger charge is 2.29. The number of carbonyl (C=O) groups excluding carboxylic acids is 1. The lowest BCUT2D eigenvalue weighted by molar-refractivity contribution is 0.0780. The van der Waals surface area contributed by atoms with E-state index in [4.69, 9.17) is 4.74 Å². The van der Waals surface area contributed by atoms with Gasteiger partial charge in [-0.1, -0.05) is 23.4 Å². The van der Waals surface area contributed by atoms with E-state index in [0.29, 0.717) is 25.4 Å². The summed E-state index contributed by atoms with van der Waals surface area (Å²) in [4.78, 5) is 22.2. The largest absolute Gasteiger partial charge is 0.487 e. The fourth-order valence-corrected chi connectivity index (χ4v) is 2.95. The maximum Gasteiger partial charge on any atom is 0.274 e. The minimum absolute atomic E-state index is 0.103. The monoisotopic (exact) mass is 350 g/mol. The summed E-state index contributed by atoms with van der Waals surface area (Å²) in [5.74, 6) is 0.692. The molecular weight excluding hydrogens is 332 g/mol. The van der Waals surface area contributed by atoms with Crippen LogP contribution in [0.15, 0.2) is 55.1 Å². The molecule has 2 aromatic heterocycles. The zero-order valence-electron chi connectivity index (χ0n) is 14.1. The Hall–Kier alpha value is -3.29. The molecule has 1 amide bonds. The number of hydrogen-bond acceptors (Lipinski definition) is 6. The predicted molar refractivity (Wildman–Crippen MR) is 92.4 cm³/mol. The minimum atomic E-state index is -0.103. The molecular formula is C18H18N6O2. The molecule has 8 heteroatoms. The van der Waals surface area contributed by atoms with Crippen LogP contribution in [0, 0.1) is 0 Å². The molecule has 1 aliphatic rings. The van der Waals surface area contributed by atoms with E-state index in [1.807, 2.05) is 41.2 Å². The van der Waals surface area contributed by atoms with Crippen LogP contribution in [-0.2, 0) is 6.61 Å². The smallest absolute Gasteiger partial charge is 0.274 e. The van der Waals surface area contributed by atoms with E-state index < -0.39 is 0 Å². The average molecular weight is 350 g/mol. The summed E-state index contributed by atoms with van der Waals surface area (Å²) in [5, 5.41) is 8.36. The number of ether oxygens (including phenoxy) is 1. The second-order valence-electron chi connectivity index (χ2n) is 6.08. The van der Waals surface area contributed by atoms with E-state index in [1.165, 1.54) is 12.4 Å². The van der Waals surface area contributed by atoms with E-state index in [2.05, 4.69) is 20.3 Å². The van der Waals surface area contributed by atoms with Crippen molar-refractivity contribution in [1.29, 1.82) is 0 Å². The summed E-state index contributed by atoms with van der Waals surface area (Å²) in [6, 6.07) is 9.70. The van der Waals surface area contributed by atoms with Crippen LogP contribution < -0.4 is 4.74 Å². The van der Waals surface area contributed by atoms with Gasteiger partial charge in [-0.3, -0.25) is 9.78 Å². The molecule has 1 fully saturated rings. The molecule has 4 rings (SSSR count). The van der Waals surface area contributed by atoms with Crippen LogP contribution in [0.1, 0.15) is 28.6 Å². The van der Waals surface area contributed by atoms with Gasteiger partial charge in [0.2, 0.25) is 0 Å². The Bertz CT molecular complexity index is 868. The molecule has 0 bridgehead atoms. The zero-order chi connectivity index (χ0) is 17.8. The molecule has 0 radical (unpaired) electrons. The number of benzene rings is 1. The van der Waals surface area contributed by atoms with Gasteiger partial charge in [-0.2, -0.15) is 0 Å². The Kier molecular flexibility index (Phi) is 4.55. The molecule has 0 aliphatic carbocycles. The van der Waals surface area contributed by atoms with Crippen LogP contribution >= 0.6 is 0 Å². The number of carbonyl (C=O) groups is 1. The Morgan fingerprint density at radius 2 is 2.12 bits per heavy atom. The van der Waals surface area contributed by atoms with E-state index in [0.717, 1.165) is 17.9 Å². The summed E-state index contributed by atoms with van der Waals surface area (Å²) < 4.78 is 7.50. The molecule has 26 heavy (non-hydrogen) atoms. The lowest BCUT2D eigenvalue weighted by atomic mass is 10.3. The first kappa shape index (κ1) is 16.2. The highest BCUT2D eigenvalue weighted by atomic mass is 16.5. The lowest BCUT2D eigenvalue weighted by Gasteiger charge is -2.15. The molecule has 8 nitrogen and oxygen atoms in total. The van der Waals surface area contributed by atoms with Gasteiger partial charge < -0.3 is 9.64 Å². The van der Waals surface area contributed by atoms with Gasteiger partial charge in [-0.25, -0.2) is 9.67 Å². The zero-order valence-corrected chi connectivity index (χ0v) is 14.1. The minimum Gasteiger partial charge on any atom is -0.487 e. The standard InChI is InChI=1S/C18H18N6O2/c25-18(17-10-19-7-8-20-17)23-9-6-15(12-23)24-11-14(21-22-24)13-26-16-4-2-1-3-5-16/h1-5,7-8,10-11,15H,6,9,12-13H2. The van der Waals surface area contributed by atoms with Crippen molar-refractivity contribution >= 4 is 5.91 Å². The van der Waals surface area contributed by atoms with Gasteiger partial charge in [0.05, 0.1) is 18.4 Å². The van der Waals surface area contributed by atoms with Crippen LogP contribution in [0.2, 0.25) is 0 Å². The van der Waals surface area contributed by atoms with E-state index in [-0.39, 0.29) is 11.9 Å². The third-order valence-electron chi connectivity index (χ3n) is 4.29. The first-order chi connectivity index (χ1) is 12.8. The SMILES string of the molecule is O=C(c1cnccn1)N1CCC(n2cc(COc3ccccc3)nn2)C1. The fraction of sp³-hybridized carbons (Fsp3) is 0.278. The molecule has 1 aromatic carbocycles. The first-order valence-electron chi connectivity index (χ1n) is 8.43. The Morgan fingerprint density at radius 1 is 1.23 bits per heavy atom. The van der Waals surface area contributed by atoms with Gasteiger partial charge in [0.1, 0.15) is 23.7 Å². The second-order valence-corrected chi connectivity index (χ2v) is 6.08. The molecule has 0 N–H and O–H groups in total.